The molecule has 5 aromatic carbocycles. The lowest BCUT2D eigenvalue weighted by molar-refractivity contribution is -0.142. The normalized spacial score (nSPS) is 15.0. The van der Waals surface area contributed by atoms with E-state index in [0.717, 1.165) is 13.8 Å². The van der Waals surface area contributed by atoms with Gasteiger partial charge in [-0.2, -0.15) is 25.3 Å². The monoisotopic (exact) mass is 1710 g/mol. The van der Waals surface area contributed by atoms with E-state index < -0.39 is 187 Å². The zero-order chi connectivity index (χ0) is 88.2. The number of aliphatic hydroxyl groups is 3. The third kappa shape index (κ3) is 30.2. The maximum atomic E-state index is 15.6. The first-order valence-corrected chi connectivity index (χ1v) is 40.9. The number of aliphatic hydroxyl groups excluding tert-OH is 3. The molecule has 0 aliphatic rings. The number of carbonyl (C=O) groups is 14. The number of aliphatic carboxylic acids is 1. The molecule has 0 saturated heterocycles. The maximum absolute atomic E-state index is 15.6. The van der Waals surface area contributed by atoms with Gasteiger partial charge in [-0.25, -0.2) is 4.79 Å². The second kappa shape index (κ2) is 49.1. The number of thiol groups is 2. The first-order valence-electron chi connectivity index (χ1n) is 39.7. The van der Waals surface area contributed by atoms with Crippen LogP contribution in [0.1, 0.15) is 87.1 Å². The Labute approximate surface area is 709 Å². The summed E-state index contributed by atoms with van der Waals surface area (Å²) in [5, 5.41) is 76.4. The van der Waals surface area contributed by atoms with Gasteiger partial charge in [0.1, 0.15) is 72.5 Å². The molecular formula is C83H110N18O18S2. The van der Waals surface area contributed by atoms with E-state index in [4.69, 9.17) is 17.2 Å². The van der Waals surface area contributed by atoms with Crippen LogP contribution in [0.5, 0.6) is 0 Å². The van der Waals surface area contributed by atoms with Crippen LogP contribution in [0.2, 0.25) is 0 Å². The molecule has 0 spiro atoms. The van der Waals surface area contributed by atoms with Gasteiger partial charge in [0, 0.05) is 77.8 Å². The van der Waals surface area contributed by atoms with Crippen molar-refractivity contribution < 1.29 is 87.5 Å². The van der Waals surface area contributed by atoms with Crippen LogP contribution in [0.3, 0.4) is 0 Å². The largest absolute Gasteiger partial charge is 0.480 e. The van der Waals surface area contributed by atoms with Gasteiger partial charge in [-0.1, -0.05) is 127 Å². The van der Waals surface area contributed by atoms with E-state index in [9.17, 15) is 68.4 Å². The number of hydrogen-bond donors (Lipinski definition) is 24. The minimum absolute atomic E-state index is 0.00272. The van der Waals surface area contributed by atoms with E-state index in [1.807, 2.05) is 6.07 Å². The molecule has 7 rings (SSSR count). The second-order valence-electron chi connectivity index (χ2n) is 29.3. The van der Waals surface area contributed by atoms with Crippen LogP contribution in [0.4, 0.5) is 0 Å². The summed E-state index contributed by atoms with van der Waals surface area (Å²) in [5.41, 5.74) is 21.4. The number of amides is 13. The molecule has 38 heteroatoms. The van der Waals surface area contributed by atoms with Crippen molar-refractivity contribution in [2.24, 2.45) is 17.2 Å². The molecule has 2 heterocycles. The van der Waals surface area contributed by atoms with E-state index >= 15 is 19.2 Å². The molecule has 0 radical (unpaired) electrons. The van der Waals surface area contributed by atoms with Gasteiger partial charge in [0.05, 0.1) is 31.4 Å². The maximum Gasteiger partial charge on any atom is 0.327 e. The Morgan fingerprint density at radius 3 is 1.02 bits per heavy atom. The Balaban J connectivity index is 1.18. The number of carbonyl (C=O) groups excluding carboxylic acids is 13. The number of aromatic nitrogens is 2. The summed E-state index contributed by atoms with van der Waals surface area (Å²) < 4.78 is 0. The first kappa shape index (κ1) is 96.4. The lowest BCUT2D eigenvalue weighted by Gasteiger charge is -2.29. The van der Waals surface area contributed by atoms with Crippen molar-refractivity contribution in [1.82, 2.24) is 79.1 Å². The van der Waals surface area contributed by atoms with Crippen molar-refractivity contribution >= 4 is 130 Å². The zero-order valence-corrected chi connectivity index (χ0v) is 69.0. The molecule has 0 fully saturated rings. The van der Waals surface area contributed by atoms with E-state index in [2.05, 4.69) is 104 Å². The molecule has 0 bridgehead atoms. The van der Waals surface area contributed by atoms with Crippen LogP contribution in [0.15, 0.2) is 152 Å². The predicted molar refractivity (Wildman–Crippen MR) is 456 cm³/mol. The molecule has 652 valence electrons. The number of benzene rings is 5. The first-order chi connectivity index (χ1) is 57.9. The fraction of sp³-hybridized carbons (Fsp3) is 0.422. The van der Waals surface area contributed by atoms with E-state index in [1.165, 1.54) is 6.92 Å². The van der Waals surface area contributed by atoms with Gasteiger partial charge < -0.3 is 117 Å². The second-order valence-corrected chi connectivity index (χ2v) is 30.0. The van der Waals surface area contributed by atoms with E-state index in [-0.39, 0.29) is 76.0 Å². The number of para-hydroxylation sites is 2. The standard InChI is InChI=1S/C83H110N18O18S2/c1-46(86)71(106)89-42-68(105)90-66(44-120)80(115)92-58(31-17-19-33-84)72(107)95-64(39-53-41-88-57-30-16-14-28-55(53)57)77(112)94-60(35-49-21-7-4-8-22-49)74(109)93-61(36-50-23-9-5-10-24-50)75(110)96-63(38-52-40-87-56-29-15-13-27-54(52)56)76(111)91-59(32-18-20-34-85)73(108)100-69(47(2)103)81(116)97-62(37-51-25-11-6-12-26-51)78(113)101-70(48(3)104)82(117)98-65(43-102)79(114)99-67(45-121)83(118)119/h4-16,21-30,40-41,46-48,58-67,69-70,87-88,102-104,120-121H,17-20,31-39,42-45,84-86H2,1-3H3,(H,89,106)(H,90,105)(H,91,111)(H,92,115)(H,93,109)(H,94,112)(H,95,107)(H,96,110)(H,97,116)(H,98,117)(H,99,114)(H,100,108)(H,101,113)(H,118,119)/t46-,47?,48?,58-,59-,60-,61-,62-,63+,64+,65-,66-,67-,69-,70-/m0/s1. The van der Waals surface area contributed by atoms with Gasteiger partial charge in [-0.15, -0.1) is 0 Å². The van der Waals surface area contributed by atoms with E-state index in [0.29, 0.717) is 68.9 Å². The highest BCUT2D eigenvalue weighted by molar-refractivity contribution is 7.80. The van der Waals surface area contributed by atoms with Crippen LogP contribution in [-0.2, 0) is 99.2 Å². The van der Waals surface area contributed by atoms with Crippen LogP contribution >= 0.6 is 25.3 Å². The number of aromatic amines is 2. The highest BCUT2D eigenvalue weighted by Gasteiger charge is 2.40. The third-order valence-electron chi connectivity index (χ3n) is 19.8. The van der Waals surface area contributed by atoms with Crippen molar-refractivity contribution in [3.05, 3.63) is 180 Å². The summed E-state index contributed by atoms with van der Waals surface area (Å²) in [4.78, 5) is 205. The van der Waals surface area contributed by atoms with Gasteiger partial charge in [0.15, 0.2) is 0 Å². The summed E-state index contributed by atoms with van der Waals surface area (Å²) in [5.74, 6) is -14.4. The Hall–Kier alpha value is -11.8. The average molecular weight is 1710 g/mol. The number of H-pyrrole nitrogens is 2. The number of carboxylic acid groups (broad SMARTS) is 1. The van der Waals surface area contributed by atoms with Crippen LogP contribution in [-0.4, -0.2) is 242 Å². The smallest absolute Gasteiger partial charge is 0.327 e. The summed E-state index contributed by atoms with van der Waals surface area (Å²) in [6.45, 7) is 2.47. The highest BCUT2D eigenvalue weighted by atomic mass is 32.1. The molecule has 36 nitrogen and oxygen atoms in total. The van der Waals surface area contributed by atoms with Gasteiger partial charge in [0.2, 0.25) is 76.8 Å². The molecule has 13 amide bonds. The number of nitrogens with two attached hydrogens (primary N) is 3. The number of unbranched alkanes of at least 4 members (excludes halogenated alkanes) is 2. The van der Waals surface area contributed by atoms with Gasteiger partial charge in [0.25, 0.3) is 0 Å². The summed E-state index contributed by atoms with van der Waals surface area (Å²) in [6.07, 6.45) is -0.246. The van der Waals surface area contributed by atoms with Crippen molar-refractivity contribution in [2.75, 3.05) is 37.7 Å². The Kier molecular flexibility index (Phi) is 39.1. The zero-order valence-electron chi connectivity index (χ0n) is 67.2. The molecule has 0 aliphatic heterocycles. The van der Waals surface area contributed by atoms with Crippen LogP contribution in [0, 0.1) is 0 Å². The number of carboxylic acids is 1. The summed E-state index contributed by atoms with van der Waals surface area (Å²) in [6, 6.07) is 19.4. The van der Waals surface area contributed by atoms with Gasteiger partial charge >= 0.3 is 5.97 Å². The Morgan fingerprint density at radius 1 is 0.364 bits per heavy atom. The van der Waals surface area contributed by atoms with Crippen molar-refractivity contribution in [2.45, 2.75) is 182 Å². The van der Waals surface area contributed by atoms with Gasteiger partial charge in [-0.05, 0) is 112 Å². The number of hydrogen-bond acceptors (Lipinski definition) is 22. The number of nitrogens with one attached hydrogen (secondary N) is 15. The molecule has 121 heavy (non-hydrogen) atoms. The fourth-order valence-corrected chi connectivity index (χ4v) is 13.6. The van der Waals surface area contributed by atoms with Crippen molar-refractivity contribution in [3.63, 3.8) is 0 Å². The van der Waals surface area contributed by atoms with Crippen LogP contribution in [0.25, 0.3) is 21.8 Å². The SMILES string of the molecule is CC(O)[C@H](NC(=O)[C@H](Cc1ccccc1)NC(=O)[C@@H](NC(=O)[C@H](CCCCN)NC(=O)[C@@H](Cc1c[nH]c2ccccc12)NC(=O)[C@H](Cc1ccccc1)NC(=O)[C@H](Cc1ccccc1)NC(=O)[C@@H](Cc1c[nH]c2ccccc12)NC(=O)[C@H](CCCCN)NC(=O)[C@H](CS)NC(=O)CNC(=O)[C@H](C)N)C(C)O)C(=O)N[C@@H](CO)C(=O)N[C@@H](CS)C(=O)O. The summed E-state index contributed by atoms with van der Waals surface area (Å²) in [7, 11) is 0. The van der Waals surface area contributed by atoms with Gasteiger partial charge in [-0.3, -0.25) is 62.3 Å². The number of fused-ring (bicyclic) bond motifs is 2. The highest BCUT2D eigenvalue weighted by Crippen LogP contribution is 2.23. The van der Waals surface area contributed by atoms with E-state index in [1.54, 1.807) is 146 Å². The lowest BCUT2D eigenvalue weighted by Crippen LogP contribution is -2.63. The third-order valence-corrected chi connectivity index (χ3v) is 20.5. The molecular weight excluding hydrogens is 1600 g/mol. The molecule has 25 N–H and O–H groups in total. The lowest BCUT2D eigenvalue weighted by atomic mass is 9.99. The predicted octanol–water partition coefficient (Wildman–Crippen LogP) is -2.60. The van der Waals surface area contributed by atoms with Crippen molar-refractivity contribution in [3.8, 4) is 0 Å². The minimum atomic E-state index is -1.90. The van der Waals surface area contributed by atoms with Crippen molar-refractivity contribution in [1.29, 1.82) is 0 Å². The molecule has 2 unspecified atom stereocenters. The average Bonchev–Trinajstić information content (AvgIpc) is 1.59. The number of rotatable bonds is 50. The quantitative estimate of drug-likeness (QED) is 0.0137. The van der Waals surface area contributed by atoms with Crippen LogP contribution < -0.4 is 86.3 Å². The molecule has 15 atom stereocenters. The Bertz CT molecular complexity index is 4640. The summed E-state index contributed by atoms with van der Waals surface area (Å²) >= 11 is 8.19. The fourth-order valence-electron chi connectivity index (χ4n) is 13.1. The molecule has 0 saturated carbocycles. The molecule has 0 aliphatic carbocycles. The Morgan fingerprint density at radius 2 is 0.669 bits per heavy atom. The molecule has 2 aromatic heterocycles. The topological polar surface area (TPSA) is 586 Å². The molecule has 7 aromatic rings. The minimum Gasteiger partial charge on any atom is -0.480 e.